The van der Waals surface area contributed by atoms with Gasteiger partial charge >= 0.3 is 0 Å². The Bertz CT molecular complexity index is 1410. The van der Waals surface area contributed by atoms with Crippen LogP contribution in [0, 0.1) is 0 Å². The summed E-state index contributed by atoms with van der Waals surface area (Å²) in [5.41, 5.74) is 1.37. The Balaban J connectivity index is 1.71. The van der Waals surface area contributed by atoms with Gasteiger partial charge < -0.3 is 19.5 Å². The highest BCUT2D eigenvalue weighted by molar-refractivity contribution is 5.91. The number of aromatic hydroxyl groups is 2. The SMILES string of the molecule is O=C(CC(c1ccncc1)c1c(O)cc(O)c2c(=O)cc(-c3ccccc3)oc12)N1CCCCC1. The van der Waals surface area contributed by atoms with Crippen molar-refractivity contribution in [2.75, 3.05) is 13.1 Å². The lowest BCUT2D eigenvalue weighted by atomic mass is 9.86. The van der Waals surface area contributed by atoms with Crippen LogP contribution in [-0.4, -0.2) is 39.1 Å². The van der Waals surface area contributed by atoms with Crippen LogP contribution in [0.25, 0.3) is 22.3 Å². The number of fused-ring (bicyclic) bond motifs is 1. The zero-order chi connectivity index (χ0) is 24.4. The number of pyridine rings is 1. The summed E-state index contributed by atoms with van der Waals surface area (Å²) in [6, 6.07) is 15.2. The van der Waals surface area contributed by atoms with Crippen LogP contribution >= 0.6 is 0 Å². The zero-order valence-electron chi connectivity index (χ0n) is 19.2. The molecule has 2 aromatic heterocycles. The first kappa shape index (κ1) is 22.7. The predicted molar refractivity (Wildman–Crippen MR) is 132 cm³/mol. The van der Waals surface area contributed by atoms with Crippen molar-refractivity contribution in [3.05, 3.63) is 88.3 Å². The van der Waals surface area contributed by atoms with Crippen LogP contribution in [0.2, 0.25) is 0 Å². The molecule has 1 unspecified atom stereocenters. The number of hydrogen-bond acceptors (Lipinski definition) is 6. The van der Waals surface area contributed by atoms with E-state index in [1.165, 1.54) is 6.07 Å². The van der Waals surface area contributed by atoms with E-state index in [0.29, 0.717) is 30.0 Å². The molecule has 35 heavy (non-hydrogen) atoms. The minimum absolute atomic E-state index is 0.0260. The van der Waals surface area contributed by atoms with Gasteiger partial charge in [0.15, 0.2) is 5.43 Å². The second-order valence-corrected chi connectivity index (χ2v) is 8.85. The number of rotatable bonds is 5. The van der Waals surface area contributed by atoms with E-state index in [1.54, 1.807) is 24.5 Å². The first-order valence-electron chi connectivity index (χ1n) is 11.8. The zero-order valence-corrected chi connectivity index (χ0v) is 19.2. The quantitative estimate of drug-likeness (QED) is 0.434. The van der Waals surface area contributed by atoms with Gasteiger partial charge in [-0.05, 0) is 37.0 Å². The highest BCUT2D eigenvalue weighted by atomic mass is 16.3. The lowest BCUT2D eigenvalue weighted by Crippen LogP contribution is -2.36. The Hall–Kier alpha value is -4.13. The molecule has 7 nitrogen and oxygen atoms in total. The second kappa shape index (κ2) is 9.62. The molecule has 1 atom stereocenters. The van der Waals surface area contributed by atoms with Crippen molar-refractivity contribution in [1.29, 1.82) is 0 Å². The maximum Gasteiger partial charge on any atom is 0.223 e. The molecule has 1 aliphatic heterocycles. The molecule has 0 spiro atoms. The van der Waals surface area contributed by atoms with E-state index in [4.69, 9.17) is 4.42 Å². The van der Waals surface area contributed by atoms with Crippen LogP contribution in [0.15, 0.2) is 76.2 Å². The Kier molecular flexibility index (Phi) is 6.23. The van der Waals surface area contributed by atoms with E-state index < -0.39 is 11.3 Å². The first-order chi connectivity index (χ1) is 17.0. The number of carbonyl (C=O) groups excluding carboxylic acids is 1. The summed E-state index contributed by atoms with van der Waals surface area (Å²) in [6.07, 6.45) is 6.37. The fraction of sp³-hybridized carbons (Fsp3) is 0.250. The van der Waals surface area contributed by atoms with E-state index in [-0.39, 0.29) is 34.8 Å². The number of phenols is 2. The molecule has 7 heteroatoms. The summed E-state index contributed by atoms with van der Waals surface area (Å²) < 4.78 is 6.19. The highest BCUT2D eigenvalue weighted by Crippen LogP contribution is 2.43. The van der Waals surface area contributed by atoms with E-state index in [9.17, 15) is 19.8 Å². The number of hydrogen-bond donors (Lipinski definition) is 2. The Morgan fingerprint density at radius 2 is 1.69 bits per heavy atom. The average molecular weight is 471 g/mol. The molecule has 1 saturated heterocycles. The first-order valence-corrected chi connectivity index (χ1v) is 11.8. The number of aromatic nitrogens is 1. The maximum absolute atomic E-state index is 13.3. The third-order valence-corrected chi connectivity index (χ3v) is 6.60. The van der Waals surface area contributed by atoms with E-state index in [2.05, 4.69) is 4.98 Å². The lowest BCUT2D eigenvalue weighted by molar-refractivity contribution is -0.132. The number of piperidine rings is 1. The van der Waals surface area contributed by atoms with E-state index in [0.717, 1.165) is 30.9 Å². The summed E-state index contributed by atoms with van der Waals surface area (Å²) in [4.78, 5) is 32.3. The third-order valence-electron chi connectivity index (χ3n) is 6.60. The van der Waals surface area contributed by atoms with Crippen LogP contribution in [0.1, 0.15) is 42.7 Å². The van der Waals surface area contributed by atoms with Crippen LogP contribution in [0.4, 0.5) is 0 Å². The van der Waals surface area contributed by atoms with Crippen molar-refractivity contribution in [3.8, 4) is 22.8 Å². The highest BCUT2D eigenvalue weighted by Gasteiger charge is 2.29. The normalized spacial score (nSPS) is 14.7. The van der Waals surface area contributed by atoms with Crippen LogP contribution < -0.4 is 5.43 Å². The number of carbonyl (C=O) groups is 1. The van der Waals surface area contributed by atoms with Gasteiger partial charge in [-0.1, -0.05) is 30.3 Å². The smallest absolute Gasteiger partial charge is 0.223 e. The summed E-state index contributed by atoms with van der Waals surface area (Å²) in [5, 5.41) is 21.6. The van der Waals surface area contributed by atoms with Crippen molar-refractivity contribution in [1.82, 2.24) is 9.88 Å². The van der Waals surface area contributed by atoms with Crippen molar-refractivity contribution < 1.29 is 19.4 Å². The standard InChI is InChI=1S/C28H26N2O5/c31-21-16-22(32)27-23(33)17-24(19-7-3-1-4-8-19)35-28(27)26(21)20(18-9-11-29-12-10-18)15-25(34)30-13-5-2-6-14-30/h1,3-4,7-12,16-17,20,31-32H,2,5-6,13-15H2. The predicted octanol–water partition coefficient (Wildman–Crippen LogP) is 4.80. The topological polar surface area (TPSA) is 104 Å². The van der Waals surface area contributed by atoms with Gasteiger partial charge in [-0.25, -0.2) is 0 Å². The minimum Gasteiger partial charge on any atom is -0.507 e. The van der Waals surface area contributed by atoms with E-state index >= 15 is 0 Å². The molecule has 0 aliphatic carbocycles. The molecule has 2 N–H and O–H groups in total. The molecule has 1 aliphatic rings. The monoisotopic (exact) mass is 470 g/mol. The molecule has 0 radical (unpaired) electrons. The molecule has 3 heterocycles. The van der Waals surface area contributed by atoms with Gasteiger partial charge in [0, 0.05) is 61.1 Å². The number of nitrogens with zero attached hydrogens (tertiary/aromatic N) is 2. The molecule has 1 amide bonds. The summed E-state index contributed by atoms with van der Waals surface area (Å²) in [5.74, 6) is -0.939. The average Bonchev–Trinajstić information content (AvgIpc) is 2.89. The summed E-state index contributed by atoms with van der Waals surface area (Å²) >= 11 is 0. The molecule has 178 valence electrons. The lowest BCUT2D eigenvalue weighted by Gasteiger charge is -2.29. The van der Waals surface area contributed by atoms with Crippen LogP contribution in [0.3, 0.4) is 0 Å². The second-order valence-electron chi connectivity index (χ2n) is 8.85. The minimum atomic E-state index is -0.607. The van der Waals surface area contributed by atoms with Crippen molar-refractivity contribution in [3.63, 3.8) is 0 Å². The molecular weight excluding hydrogens is 444 g/mol. The van der Waals surface area contributed by atoms with Gasteiger partial charge in [0.25, 0.3) is 0 Å². The molecule has 4 aromatic rings. The molecular formula is C28H26N2O5. The van der Waals surface area contributed by atoms with Gasteiger partial charge in [0.1, 0.15) is 28.2 Å². The molecule has 0 bridgehead atoms. The van der Waals surface area contributed by atoms with Crippen molar-refractivity contribution in [2.24, 2.45) is 0 Å². The number of likely N-dealkylation sites (tertiary alicyclic amines) is 1. The Labute approximate surface area is 202 Å². The maximum atomic E-state index is 13.3. The summed E-state index contributed by atoms with van der Waals surface area (Å²) in [6.45, 7) is 1.41. The van der Waals surface area contributed by atoms with Gasteiger partial charge in [0.2, 0.25) is 5.91 Å². The van der Waals surface area contributed by atoms with Gasteiger partial charge in [-0.2, -0.15) is 0 Å². The molecule has 2 aromatic carbocycles. The number of amides is 1. The fourth-order valence-electron chi connectivity index (χ4n) is 4.83. The Morgan fingerprint density at radius 3 is 2.40 bits per heavy atom. The van der Waals surface area contributed by atoms with Gasteiger partial charge in [-0.3, -0.25) is 14.6 Å². The van der Waals surface area contributed by atoms with Crippen molar-refractivity contribution in [2.45, 2.75) is 31.6 Å². The number of benzene rings is 2. The largest absolute Gasteiger partial charge is 0.507 e. The molecule has 1 fully saturated rings. The molecule has 0 saturated carbocycles. The van der Waals surface area contributed by atoms with Crippen molar-refractivity contribution >= 4 is 16.9 Å². The summed E-state index contributed by atoms with van der Waals surface area (Å²) in [7, 11) is 0. The van der Waals surface area contributed by atoms with Gasteiger partial charge in [0.05, 0.1) is 0 Å². The third kappa shape index (κ3) is 4.49. The fourth-order valence-corrected chi connectivity index (χ4v) is 4.83. The number of phenolic OH excluding ortho intramolecular Hbond substituents is 2. The molecule has 5 rings (SSSR count). The van der Waals surface area contributed by atoms with Crippen LogP contribution in [0.5, 0.6) is 11.5 Å². The Morgan fingerprint density at radius 1 is 0.971 bits per heavy atom. The van der Waals surface area contributed by atoms with Crippen LogP contribution in [-0.2, 0) is 4.79 Å². The van der Waals surface area contributed by atoms with E-state index in [1.807, 2.05) is 35.2 Å². The van der Waals surface area contributed by atoms with Gasteiger partial charge in [-0.15, -0.1) is 0 Å².